The molecule has 0 saturated carbocycles. The fourth-order valence-corrected chi connectivity index (χ4v) is 3.58. The number of halogens is 1. The van der Waals surface area contributed by atoms with Gasteiger partial charge in [-0.05, 0) is 54.3 Å². The van der Waals surface area contributed by atoms with Crippen LogP contribution in [-0.4, -0.2) is 47.3 Å². The molecule has 2 heterocycles. The number of nitrogen functional groups attached to an aromatic ring is 1. The number of nitrogens with zero attached hydrogens (tertiary/aromatic N) is 2. The summed E-state index contributed by atoms with van der Waals surface area (Å²) >= 11 is 0. The van der Waals surface area contributed by atoms with Crippen LogP contribution < -0.4 is 16.0 Å². The van der Waals surface area contributed by atoms with E-state index in [9.17, 15) is 19.1 Å². The van der Waals surface area contributed by atoms with Gasteiger partial charge in [0.2, 0.25) is 0 Å². The molecule has 0 bridgehead atoms. The lowest BCUT2D eigenvalue weighted by Gasteiger charge is -2.34. The van der Waals surface area contributed by atoms with Crippen molar-refractivity contribution in [1.82, 2.24) is 4.98 Å². The number of aryl methyl sites for hydroxylation is 1. The van der Waals surface area contributed by atoms with Crippen LogP contribution in [0, 0.1) is 12.7 Å². The summed E-state index contributed by atoms with van der Waals surface area (Å²) in [5.74, 6) is -1.52. The van der Waals surface area contributed by atoms with Crippen molar-refractivity contribution in [3.63, 3.8) is 0 Å². The van der Waals surface area contributed by atoms with Crippen LogP contribution in [0.3, 0.4) is 0 Å². The van der Waals surface area contributed by atoms with Gasteiger partial charge in [-0.25, -0.2) is 9.37 Å². The van der Waals surface area contributed by atoms with Gasteiger partial charge in [-0.2, -0.15) is 0 Å². The zero-order valence-electron chi connectivity index (χ0n) is 16.7. The van der Waals surface area contributed by atoms with Crippen molar-refractivity contribution in [2.45, 2.75) is 19.1 Å². The molecule has 2 amide bonds. The number of anilines is 3. The van der Waals surface area contributed by atoms with Gasteiger partial charge in [-0.1, -0.05) is 6.07 Å². The minimum absolute atomic E-state index is 0.0962. The van der Waals surface area contributed by atoms with Crippen LogP contribution in [0.15, 0.2) is 48.7 Å². The summed E-state index contributed by atoms with van der Waals surface area (Å²) in [6, 6.07) is 10.9. The van der Waals surface area contributed by atoms with Crippen molar-refractivity contribution in [3.8, 4) is 0 Å². The molecule has 4 N–H and O–H groups in total. The van der Waals surface area contributed by atoms with Gasteiger partial charge in [-0.15, -0.1) is 0 Å². The standard InChI is InChI=1S/C22H21FN4O4/c1-12-2-3-14(23)11-17(12)27-8-9-31-19(22(27)30)18(28)21(29)26-15-4-5-16-13(10-15)6-7-25-20(16)24/h2-7,10-11,18-19,28H,8-9H2,1H3,(H2,24,25)(H,26,29)/t18-,19-/m1/s1. The van der Waals surface area contributed by atoms with Gasteiger partial charge >= 0.3 is 0 Å². The third kappa shape index (κ3) is 4.05. The largest absolute Gasteiger partial charge is 0.383 e. The fourth-order valence-electron chi connectivity index (χ4n) is 3.58. The van der Waals surface area contributed by atoms with E-state index in [4.69, 9.17) is 10.5 Å². The molecule has 2 atom stereocenters. The number of benzene rings is 2. The van der Waals surface area contributed by atoms with Crippen LogP contribution in [0.4, 0.5) is 21.6 Å². The second kappa shape index (κ2) is 8.29. The van der Waals surface area contributed by atoms with Gasteiger partial charge in [0, 0.05) is 29.5 Å². The number of hydrogen-bond acceptors (Lipinski definition) is 6. The van der Waals surface area contributed by atoms with E-state index in [-0.39, 0.29) is 13.2 Å². The monoisotopic (exact) mass is 424 g/mol. The van der Waals surface area contributed by atoms with Crippen molar-refractivity contribution in [2.75, 3.05) is 29.1 Å². The molecule has 1 aromatic heterocycles. The number of aromatic nitrogens is 1. The second-order valence-electron chi connectivity index (χ2n) is 7.28. The lowest BCUT2D eigenvalue weighted by Crippen LogP contribution is -2.55. The lowest BCUT2D eigenvalue weighted by atomic mass is 10.1. The van der Waals surface area contributed by atoms with Gasteiger partial charge in [0.15, 0.2) is 12.2 Å². The summed E-state index contributed by atoms with van der Waals surface area (Å²) in [6.07, 6.45) is -1.60. The van der Waals surface area contributed by atoms with Crippen LogP contribution in [0.1, 0.15) is 5.56 Å². The first-order valence-electron chi connectivity index (χ1n) is 9.67. The Balaban J connectivity index is 1.51. The van der Waals surface area contributed by atoms with E-state index in [0.717, 1.165) is 10.8 Å². The van der Waals surface area contributed by atoms with Crippen molar-refractivity contribution in [2.24, 2.45) is 0 Å². The molecule has 1 fully saturated rings. The third-order valence-corrected chi connectivity index (χ3v) is 5.20. The van der Waals surface area contributed by atoms with E-state index in [0.29, 0.717) is 22.8 Å². The van der Waals surface area contributed by atoms with Crippen molar-refractivity contribution >= 4 is 39.8 Å². The first-order valence-corrected chi connectivity index (χ1v) is 9.67. The van der Waals surface area contributed by atoms with E-state index in [1.165, 1.54) is 17.0 Å². The van der Waals surface area contributed by atoms with Gasteiger partial charge < -0.3 is 25.8 Å². The number of pyridine rings is 1. The predicted octanol–water partition coefficient (Wildman–Crippen LogP) is 2.00. The molecule has 3 aromatic rings. The number of rotatable bonds is 4. The van der Waals surface area contributed by atoms with Gasteiger partial charge in [0.1, 0.15) is 11.6 Å². The molecule has 1 aliphatic heterocycles. The maximum atomic E-state index is 13.7. The number of nitrogens with two attached hydrogens (primary N) is 1. The van der Waals surface area contributed by atoms with E-state index in [1.807, 2.05) is 0 Å². The van der Waals surface area contributed by atoms with E-state index >= 15 is 0 Å². The summed E-state index contributed by atoms with van der Waals surface area (Å²) in [5, 5.41) is 14.6. The molecular formula is C22H21FN4O4. The molecule has 1 saturated heterocycles. The van der Waals surface area contributed by atoms with Crippen LogP contribution in [-0.2, 0) is 14.3 Å². The van der Waals surface area contributed by atoms with Crippen LogP contribution in [0.5, 0.6) is 0 Å². The molecule has 0 unspecified atom stereocenters. The second-order valence-corrected chi connectivity index (χ2v) is 7.28. The van der Waals surface area contributed by atoms with Crippen LogP contribution in [0.2, 0.25) is 0 Å². The highest BCUT2D eigenvalue weighted by Gasteiger charge is 2.39. The zero-order valence-corrected chi connectivity index (χ0v) is 16.7. The van der Waals surface area contributed by atoms with Crippen molar-refractivity contribution in [3.05, 3.63) is 60.0 Å². The number of aliphatic hydroxyl groups is 1. The minimum Gasteiger partial charge on any atom is -0.383 e. The van der Waals surface area contributed by atoms with Crippen LogP contribution in [0.25, 0.3) is 10.8 Å². The van der Waals surface area contributed by atoms with Crippen molar-refractivity contribution < 1.29 is 23.8 Å². The predicted molar refractivity (Wildman–Crippen MR) is 114 cm³/mol. The fraction of sp³-hybridized carbons (Fsp3) is 0.227. The Morgan fingerprint density at radius 1 is 1.32 bits per heavy atom. The molecule has 31 heavy (non-hydrogen) atoms. The summed E-state index contributed by atoms with van der Waals surface area (Å²) < 4.78 is 19.1. The van der Waals surface area contributed by atoms with E-state index in [2.05, 4.69) is 10.3 Å². The molecule has 160 valence electrons. The van der Waals surface area contributed by atoms with Gasteiger partial charge in [0.25, 0.3) is 11.8 Å². The third-order valence-electron chi connectivity index (χ3n) is 5.20. The molecule has 2 aromatic carbocycles. The summed E-state index contributed by atoms with van der Waals surface area (Å²) in [7, 11) is 0. The molecule has 4 rings (SSSR count). The molecule has 0 spiro atoms. The first-order chi connectivity index (χ1) is 14.8. The Kier molecular flexibility index (Phi) is 5.53. The molecular weight excluding hydrogens is 403 g/mol. The molecule has 0 aliphatic carbocycles. The molecule has 8 nitrogen and oxygen atoms in total. The highest BCUT2D eigenvalue weighted by atomic mass is 19.1. The topological polar surface area (TPSA) is 118 Å². The minimum atomic E-state index is -1.75. The number of aliphatic hydroxyl groups excluding tert-OH is 1. The van der Waals surface area contributed by atoms with Gasteiger partial charge in [-0.3, -0.25) is 9.59 Å². The highest BCUT2D eigenvalue weighted by Crippen LogP contribution is 2.26. The normalized spacial score (nSPS) is 17.6. The average Bonchev–Trinajstić information content (AvgIpc) is 2.75. The highest BCUT2D eigenvalue weighted by molar-refractivity contribution is 6.05. The number of hydrogen-bond donors (Lipinski definition) is 3. The Morgan fingerprint density at radius 3 is 2.94 bits per heavy atom. The molecule has 1 aliphatic rings. The quantitative estimate of drug-likeness (QED) is 0.590. The maximum absolute atomic E-state index is 13.7. The van der Waals surface area contributed by atoms with Gasteiger partial charge in [0.05, 0.1) is 6.61 Å². The smallest absolute Gasteiger partial charge is 0.259 e. The average molecular weight is 424 g/mol. The number of nitrogens with one attached hydrogen (secondary N) is 1. The molecule has 0 radical (unpaired) electrons. The van der Waals surface area contributed by atoms with E-state index < -0.39 is 29.8 Å². The maximum Gasteiger partial charge on any atom is 0.259 e. The Labute approximate surface area is 177 Å². The number of amides is 2. The number of carbonyl (C=O) groups excluding carboxylic acids is 2. The van der Waals surface area contributed by atoms with Crippen molar-refractivity contribution in [1.29, 1.82) is 0 Å². The van der Waals surface area contributed by atoms with E-state index in [1.54, 1.807) is 43.5 Å². The number of ether oxygens (including phenoxy) is 1. The summed E-state index contributed by atoms with van der Waals surface area (Å²) in [5.41, 5.74) is 7.32. The Bertz CT molecular complexity index is 1170. The SMILES string of the molecule is Cc1ccc(F)cc1N1CCO[C@H]([C@@H](O)C(=O)Nc2ccc3c(N)nccc3c2)C1=O. The molecule has 9 heteroatoms. The summed E-state index contributed by atoms with van der Waals surface area (Å²) in [6.45, 7) is 2.03. The first kappa shape index (κ1) is 20.7. The zero-order chi connectivity index (χ0) is 22.1. The Morgan fingerprint density at radius 2 is 2.13 bits per heavy atom. The lowest BCUT2D eigenvalue weighted by molar-refractivity contribution is -0.150. The number of carbonyl (C=O) groups is 2. The van der Waals surface area contributed by atoms with Crippen LogP contribution >= 0.6 is 0 Å². The number of fused-ring (bicyclic) bond motifs is 1. The number of morpholine rings is 1. The Hall–Kier alpha value is -3.56. The summed E-state index contributed by atoms with van der Waals surface area (Å²) in [4.78, 5) is 30.9.